The topological polar surface area (TPSA) is 27.7 Å². The molecule has 0 saturated carbocycles. The molecule has 28 heavy (non-hydrogen) atoms. The largest absolute Gasteiger partial charge is 0.377 e. The predicted octanol–water partition coefficient (Wildman–Crippen LogP) is 5.33. The number of benzene rings is 1. The van der Waals surface area contributed by atoms with E-state index in [-0.39, 0.29) is 19.1 Å². The maximum Gasteiger partial charge on any atom is 0.184 e. The predicted molar refractivity (Wildman–Crippen MR) is 104 cm³/mol. The second-order valence-corrected chi connectivity index (χ2v) is 7.88. The van der Waals surface area contributed by atoms with Crippen molar-refractivity contribution in [2.45, 2.75) is 70.4 Å². The quantitative estimate of drug-likeness (QED) is 0.634. The summed E-state index contributed by atoms with van der Waals surface area (Å²) in [5, 5.41) is 0. The molecule has 154 valence electrons. The van der Waals surface area contributed by atoms with Gasteiger partial charge in [0.25, 0.3) is 0 Å². The molecule has 2 atom stereocenters. The molecule has 0 N–H and O–H groups in total. The molecule has 0 radical (unpaired) electrons. The summed E-state index contributed by atoms with van der Waals surface area (Å²) in [4.78, 5) is 0. The zero-order valence-corrected chi connectivity index (χ0v) is 16.8. The van der Waals surface area contributed by atoms with Crippen molar-refractivity contribution in [2.24, 2.45) is 5.92 Å². The van der Waals surface area contributed by atoms with Gasteiger partial charge in [-0.05, 0) is 37.8 Å². The van der Waals surface area contributed by atoms with Crippen LogP contribution in [0.1, 0.15) is 69.8 Å². The van der Waals surface area contributed by atoms with E-state index in [2.05, 4.69) is 18.8 Å². The molecule has 2 unspecified atom stereocenters. The van der Waals surface area contributed by atoms with Crippen LogP contribution < -0.4 is 0 Å². The Bertz CT molecular complexity index is 694. The van der Waals surface area contributed by atoms with Gasteiger partial charge in [-0.2, -0.15) is 0 Å². The molecule has 0 spiro atoms. The number of hydrogen-bond acceptors (Lipinski definition) is 3. The summed E-state index contributed by atoms with van der Waals surface area (Å²) >= 11 is 0. The Labute approximate surface area is 166 Å². The highest BCUT2D eigenvalue weighted by Crippen LogP contribution is 2.32. The standard InChI is InChI=1S/C23H30F2O3/c1-3-5-20-11-7-17(14-26-20)6-8-18-9-10-19(13-21(18)24)22-27-15-23(25,12-4-2)16-28-22/h9-10,13,17,20,22H,3-5,7,11-12,14-16H2,1-2H3. The first-order valence-corrected chi connectivity index (χ1v) is 10.4. The summed E-state index contributed by atoms with van der Waals surface area (Å²) in [5.41, 5.74) is -0.556. The van der Waals surface area contributed by atoms with Crippen LogP contribution in [-0.2, 0) is 14.2 Å². The van der Waals surface area contributed by atoms with Crippen molar-refractivity contribution >= 4 is 0 Å². The molecule has 0 amide bonds. The summed E-state index contributed by atoms with van der Waals surface area (Å²) in [7, 11) is 0. The van der Waals surface area contributed by atoms with Crippen molar-refractivity contribution in [3.05, 3.63) is 35.1 Å². The SMILES string of the molecule is CCCC1CCC(C#Cc2ccc(C3OCC(F)(CCC)CO3)cc2F)CO1. The van der Waals surface area contributed by atoms with Crippen molar-refractivity contribution in [3.63, 3.8) is 0 Å². The first-order chi connectivity index (χ1) is 13.5. The first kappa shape index (κ1) is 21.2. The lowest BCUT2D eigenvalue weighted by atomic mass is 9.96. The Morgan fingerprint density at radius 2 is 1.89 bits per heavy atom. The molecular formula is C23H30F2O3. The lowest BCUT2D eigenvalue weighted by Crippen LogP contribution is -2.41. The van der Waals surface area contributed by atoms with Crippen LogP contribution in [0.25, 0.3) is 0 Å². The smallest absolute Gasteiger partial charge is 0.184 e. The maximum absolute atomic E-state index is 14.5. The number of hydrogen-bond donors (Lipinski definition) is 0. The van der Waals surface area contributed by atoms with E-state index in [9.17, 15) is 8.78 Å². The Hall–Kier alpha value is -1.48. The van der Waals surface area contributed by atoms with Crippen LogP contribution in [0.5, 0.6) is 0 Å². The molecule has 5 heteroatoms. The molecular weight excluding hydrogens is 362 g/mol. The molecule has 2 fully saturated rings. The number of halogens is 2. The van der Waals surface area contributed by atoms with Crippen LogP contribution in [-0.4, -0.2) is 31.6 Å². The summed E-state index contributed by atoms with van der Waals surface area (Å²) < 4.78 is 45.7. The molecule has 2 saturated heterocycles. The monoisotopic (exact) mass is 392 g/mol. The average molecular weight is 392 g/mol. The van der Waals surface area contributed by atoms with E-state index in [1.807, 2.05) is 6.92 Å². The van der Waals surface area contributed by atoms with Crippen LogP contribution in [0.2, 0.25) is 0 Å². The lowest BCUT2D eigenvalue weighted by molar-refractivity contribution is -0.239. The molecule has 3 nitrogen and oxygen atoms in total. The second kappa shape index (κ2) is 9.82. The Morgan fingerprint density at radius 1 is 1.11 bits per heavy atom. The average Bonchev–Trinajstić information content (AvgIpc) is 2.69. The van der Waals surface area contributed by atoms with Gasteiger partial charge in [0.15, 0.2) is 12.0 Å². The van der Waals surface area contributed by atoms with Gasteiger partial charge in [0.1, 0.15) is 5.82 Å². The molecule has 0 aliphatic carbocycles. The third-order valence-electron chi connectivity index (χ3n) is 5.34. The summed E-state index contributed by atoms with van der Waals surface area (Å²) in [6.45, 7) is 4.63. The molecule has 3 rings (SSSR count). The minimum Gasteiger partial charge on any atom is -0.377 e. The summed E-state index contributed by atoms with van der Waals surface area (Å²) in [5.74, 6) is 5.81. The highest BCUT2D eigenvalue weighted by molar-refractivity contribution is 5.38. The minimum absolute atomic E-state index is 0.0324. The van der Waals surface area contributed by atoms with Gasteiger partial charge in [0, 0.05) is 11.5 Å². The zero-order valence-electron chi connectivity index (χ0n) is 16.8. The van der Waals surface area contributed by atoms with E-state index in [0.717, 1.165) is 32.1 Å². The first-order valence-electron chi connectivity index (χ1n) is 10.4. The van der Waals surface area contributed by atoms with E-state index in [1.54, 1.807) is 12.1 Å². The fourth-order valence-corrected chi connectivity index (χ4v) is 3.75. The van der Waals surface area contributed by atoms with E-state index < -0.39 is 17.8 Å². The molecule has 2 aliphatic heterocycles. The van der Waals surface area contributed by atoms with Crippen LogP contribution in [0.4, 0.5) is 8.78 Å². The normalized spacial score (nSPS) is 30.5. The van der Waals surface area contributed by atoms with Gasteiger partial charge < -0.3 is 14.2 Å². The minimum atomic E-state index is -1.45. The van der Waals surface area contributed by atoms with Crippen molar-refractivity contribution in [2.75, 3.05) is 19.8 Å². The highest BCUT2D eigenvalue weighted by Gasteiger charge is 2.36. The van der Waals surface area contributed by atoms with Gasteiger partial charge in [-0.3, -0.25) is 0 Å². The van der Waals surface area contributed by atoms with E-state index >= 15 is 0 Å². The van der Waals surface area contributed by atoms with Gasteiger partial charge >= 0.3 is 0 Å². The van der Waals surface area contributed by atoms with Crippen LogP contribution in [0.3, 0.4) is 0 Å². The van der Waals surface area contributed by atoms with Gasteiger partial charge in [-0.1, -0.05) is 44.6 Å². The van der Waals surface area contributed by atoms with E-state index in [4.69, 9.17) is 14.2 Å². The van der Waals surface area contributed by atoms with Crippen LogP contribution in [0.15, 0.2) is 18.2 Å². The zero-order chi connectivity index (χ0) is 20.0. The number of rotatable bonds is 5. The van der Waals surface area contributed by atoms with E-state index in [0.29, 0.717) is 30.3 Å². The van der Waals surface area contributed by atoms with Crippen molar-refractivity contribution in [1.29, 1.82) is 0 Å². The third-order valence-corrected chi connectivity index (χ3v) is 5.34. The molecule has 0 aromatic heterocycles. The van der Waals surface area contributed by atoms with Gasteiger partial charge in [0.2, 0.25) is 0 Å². The Balaban J connectivity index is 1.57. The van der Waals surface area contributed by atoms with Gasteiger partial charge in [-0.15, -0.1) is 0 Å². The fraction of sp³-hybridized carbons (Fsp3) is 0.652. The molecule has 0 bridgehead atoms. The van der Waals surface area contributed by atoms with Crippen molar-refractivity contribution in [3.8, 4) is 11.8 Å². The number of alkyl halides is 1. The fourth-order valence-electron chi connectivity index (χ4n) is 3.75. The van der Waals surface area contributed by atoms with Gasteiger partial charge in [-0.25, -0.2) is 8.78 Å². The third kappa shape index (κ3) is 5.53. The molecule has 1 aromatic rings. The Morgan fingerprint density at radius 3 is 2.50 bits per heavy atom. The van der Waals surface area contributed by atoms with Gasteiger partial charge in [0.05, 0.1) is 31.5 Å². The summed E-state index contributed by atoms with van der Waals surface area (Å²) in [6.07, 6.45) is 4.94. The highest BCUT2D eigenvalue weighted by atomic mass is 19.1. The molecule has 2 heterocycles. The van der Waals surface area contributed by atoms with Crippen molar-refractivity contribution < 1.29 is 23.0 Å². The lowest BCUT2D eigenvalue weighted by Gasteiger charge is -2.34. The van der Waals surface area contributed by atoms with E-state index in [1.165, 1.54) is 6.07 Å². The second-order valence-electron chi connectivity index (χ2n) is 7.88. The van der Waals surface area contributed by atoms with Crippen molar-refractivity contribution in [1.82, 2.24) is 0 Å². The maximum atomic E-state index is 14.5. The van der Waals surface area contributed by atoms with Crippen LogP contribution >= 0.6 is 0 Å². The number of ether oxygens (including phenoxy) is 3. The molecule has 1 aromatic carbocycles. The summed E-state index contributed by atoms with van der Waals surface area (Å²) in [6, 6.07) is 4.74. The van der Waals surface area contributed by atoms with Crippen LogP contribution in [0, 0.1) is 23.6 Å². The Kier molecular flexibility index (Phi) is 7.45. The molecule has 2 aliphatic rings.